The van der Waals surface area contributed by atoms with Gasteiger partial charge in [0.05, 0.1) is 11.6 Å². The van der Waals surface area contributed by atoms with Crippen LogP contribution in [0.3, 0.4) is 0 Å². The topological polar surface area (TPSA) is 12.4 Å². The Bertz CT molecular complexity index is 329. The standard InChI is InChI=1S/C11H11NS/c1-2-10-8-12-11(13-10)9-6-4-3-5-7-9/h2-7,10H,1,8H2. The Morgan fingerprint density at radius 3 is 2.77 bits per heavy atom. The lowest BCUT2D eigenvalue weighted by Gasteiger charge is -2.00. The number of hydrogen-bond acceptors (Lipinski definition) is 2. The molecule has 0 spiro atoms. The van der Waals surface area contributed by atoms with Gasteiger partial charge in [-0.05, 0) is 0 Å². The van der Waals surface area contributed by atoms with Crippen LogP contribution in [0.1, 0.15) is 5.56 Å². The van der Waals surface area contributed by atoms with E-state index in [0.717, 1.165) is 11.6 Å². The summed E-state index contributed by atoms with van der Waals surface area (Å²) in [4.78, 5) is 4.47. The van der Waals surface area contributed by atoms with Crippen LogP contribution in [0.15, 0.2) is 48.0 Å². The quantitative estimate of drug-likeness (QED) is 0.652. The molecule has 0 saturated carbocycles. The van der Waals surface area contributed by atoms with Crippen LogP contribution >= 0.6 is 11.8 Å². The Labute approximate surface area is 82.6 Å². The third kappa shape index (κ3) is 1.83. The Morgan fingerprint density at radius 1 is 1.38 bits per heavy atom. The van der Waals surface area contributed by atoms with Gasteiger partial charge in [-0.1, -0.05) is 48.2 Å². The van der Waals surface area contributed by atoms with Gasteiger partial charge >= 0.3 is 0 Å². The lowest BCUT2D eigenvalue weighted by atomic mass is 10.2. The predicted molar refractivity (Wildman–Crippen MR) is 59.4 cm³/mol. The van der Waals surface area contributed by atoms with Crippen molar-refractivity contribution in [2.75, 3.05) is 6.54 Å². The van der Waals surface area contributed by atoms with E-state index < -0.39 is 0 Å². The molecule has 0 bridgehead atoms. The molecule has 0 fully saturated rings. The summed E-state index contributed by atoms with van der Waals surface area (Å²) in [5.41, 5.74) is 1.22. The first-order valence-corrected chi connectivity index (χ1v) is 5.17. The van der Waals surface area contributed by atoms with Gasteiger partial charge in [-0.2, -0.15) is 0 Å². The molecule has 2 heteroatoms. The van der Waals surface area contributed by atoms with Gasteiger partial charge in [-0.25, -0.2) is 0 Å². The summed E-state index contributed by atoms with van der Waals surface area (Å²) >= 11 is 1.80. The Hall–Kier alpha value is -1.02. The van der Waals surface area contributed by atoms with Crippen LogP contribution in [0, 0.1) is 0 Å². The predicted octanol–water partition coefficient (Wildman–Crippen LogP) is 2.73. The molecule has 1 nitrogen and oxygen atoms in total. The first kappa shape index (κ1) is 8.57. The highest BCUT2D eigenvalue weighted by Crippen LogP contribution is 2.25. The molecular weight excluding hydrogens is 178 g/mol. The van der Waals surface area contributed by atoms with Crippen LogP contribution in [0.4, 0.5) is 0 Å². The van der Waals surface area contributed by atoms with Crippen molar-refractivity contribution < 1.29 is 0 Å². The molecule has 1 aromatic carbocycles. The second-order valence-corrected chi connectivity index (χ2v) is 4.13. The SMILES string of the molecule is C=CC1CN=C(c2ccccc2)S1. The molecule has 0 aromatic heterocycles. The lowest BCUT2D eigenvalue weighted by Crippen LogP contribution is -1.96. The molecule has 1 atom stereocenters. The number of hydrogen-bond donors (Lipinski definition) is 0. The van der Waals surface area contributed by atoms with E-state index in [4.69, 9.17) is 0 Å². The van der Waals surface area contributed by atoms with E-state index in [1.165, 1.54) is 5.56 Å². The molecular formula is C11H11NS. The third-order valence-electron chi connectivity index (χ3n) is 1.96. The van der Waals surface area contributed by atoms with Crippen molar-refractivity contribution in [3.05, 3.63) is 48.6 Å². The molecule has 0 saturated heterocycles. The van der Waals surface area contributed by atoms with Crippen molar-refractivity contribution in [1.29, 1.82) is 0 Å². The Kier molecular flexibility index (Phi) is 2.50. The summed E-state index contributed by atoms with van der Waals surface area (Å²) in [6.45, 7) is 4.65. The van der Waals surface area contributed by atoms with E-state index in [0.29, 0.717) is 5.25 Å². The maximum Gasteiger partial charge on any atom is 0.0983 e. The van der Waals surface area contributed by atoms with Crippen LogP contribution in [-0.2, 0) is 0 Å². The number of nitrogens with zero attached hydrogens (tertiary/aromatic N) is 1. The van der Waals surface area contributed by atoms with Gasteiger partial charge in [0, 0.05) is 10.8 Å². The van der Waals surface area contributed by atoms with Crippen molar-refractivity contribution in [3.8, 4) is 0 Å². The van der Waals surface area contributed by atoms with Gasteiger partial charge in [-0.3, -0.25) is 4.99 Å². The zero-order valence-electron chi connectivity index (χ0n) is 7.31. The smallest absolute Gasteiger partial charge is 0.0983 e. The maximum atomic E-state index is 4.47. The van der Waals surface area contributed by atoms with Crippen LogP contribution in [-0.4, -0.2) is 16.8 Å². The first-order valence-electron chi connectivity index (χ1n) is 4.29. The molecule has 1 aliphatic rings. The molecule has 2 rings (SSSR count). The molecule has 1 heterocycles. The highest BCUT2D eigenvalue weighted by Gasteiger charge is 2.16. The molecule has 1 aromatic rings. The average Bonchev–Trinajstić information content (AvgIpc) is 2.67. The number of benzene rings is 1. The van der Waals surface area contributed by atoms with Gasteiger partial charge in [0.25, 0.3) is 0 Å². The average molecular weight is 189 g/mol. The molecule has 0 aliphatic carbocycles. The summed E-state index contributed by atoms with van der Waals surface area (Å²) in [5, 5.41) is 1.61. The number of aliphatic imine (C=N–C) groups is 1. The van der Waals surface area contributed by atoms with E-state index in [1.807, 2.05) is 24.3 Å². The zero-order chi connectivity index (χ0) is 9.10. The second kappa shape index (κ2) is 3.79. The van der Waals surface area contributed by atoms with Crippen molar-refractivity contribution in [1.82, 2.24) is 0 Å². The Morgan fingerprint density at radius 2 is 2.15 bits per heavy atom. The molecule has 1 aliphatic heterocycles. The van der Waals surface area contributed by atoms with Crippen molar-refractivity contribution in [2.45, 2.75) is 5.25 Å². The van der Waals surface area contributed by atoms with Gasteiger partial charge in [0.15, 0.2) is 0 Å². The maximum absolute atomic E-state index is 4.47. The van der Waals surface area contributed by atoms with Gasteiger partial charge < -0.3 is 0 Å². The molecule has 13 heavy (non-hydrogen) atoms. The largest absolute Gasteiger partial charge is 0.276 e. The summed E-state index contributed by atoms with van der Waals surface area (Å²) in [6, 6.07) is 10.3. The van der Waals surface area contributed by atoms with Crippen LogP contribution in [0.25, 0.3) is 0 Å². The minimum atomic E-state index is 0.468. The van der Waals surface area contributed by atoms with Crippen LogP contribution < -0.4 is 0 Å². The van der Waals surface area contributed by atoms with Crippen LogP contribution in [0.5, 0.6) is 0 Å². The summed E-state index contributed by atoms with van der Waals surface area (Å²) in [5.74, 6) is 0. The van der Waals surface area contributed by atoms with Gasteiger partial charge in [-0.15, -0.1) is 6.58 Å². The van der Waals surface area contributed by atoms with Crippen LogP contribution in [0.2, 0.25) is 0 Å². The fraction of sp³-hybridized carbons (Fsp3) is 0.182. The minimum Gasteiger partial charge on any atom is -0.276 e. The van der Waals surface area contributed by atoms with E-state index >= 15 is 0 Å². The first-order chi connectivity index (χ1) is 6.40. The van der Waals surface area contributed by atoms with Crippen molar-refractivity contribution in [3.63, 3.8) is 0 Å². The molecule has 66 valence electrons. The summed E-state index contributed by atoms with van der Waals surface area (Å²) in [6.07, 6.45) is 1.96. The number of rotatable bonds is 2. The summed E-state index contributed by atoms with van der Waals surface area (Å²) in [7, 11) is 0. The van der Waals surface area contributed by atoms with Gasteiger partial charge in [0.1, 0.15) is 0 Å². The monoisotopic (exact) mass is 189 g/mol. The fourth-order valence-corrected chi connectivity index (χ4v) is 2.21. The zero-order valence-corrected chi connectivity index (χ0v) is 8.13. The lowest BCUT2D eigenvalue weighted by molar-refractivity contribution is 1.05. The molecule has 0 amide bonds. The van der Waals surface area contributed by atoms with E-state index in [-0.39, 0.29) is 0 Å². The molecule has 0 radical (unpaired) electrons. The molecule has 0 N–H and O–H groups in total. The summed E-state index contributed by atoms with van der Waals surface area (Å²) < 4.78 is 0. The van der Waals surface area contributed by atoms with Gasteiger partial charge in [0.2, 0.25) is 0 Å². The number of thioether (sulfide) groups is 1. The Balaban J connectivity index is 2.17. The normalized spacial score (nSPS) is 21.2. The van der Waals surface area contributed by atoms with E-state index in [9.17, 15) is 0 Å². The third-order valence-corrected chi connectivity index (χ3v) is 3.19. The fourth-order valence-electron chi connectivity index (χ4n) is 1.25. The van der Waals surface area contributed by atoms with E-state index in [1.54, 1.807) is 11.8 Å². The second-order valence-electron chi connectivity index (χ2n) is 2.90. The highest BCUT2D eigenvalue weighted by atomic mass is 32.2. The van der Waals surface area contributed by atoms with Crippen molar-refractivity contribution in [2.24, 2.45) is 4.99 Å². The highest BCUT2D eigenvalue weighted by molar-refractivity contribution is 8.15. The molecule has 1 unspecified atom stereocenters. The van der Waals surface area contributed by atoms with Crippen molar-refractivity contribution >= 4 is 16.8 Å². The minimum absolute atomic E-state index is 0.468. The van der Waals surface area contributed by atoms with E-state index in [2.05, 4.69) is 23.7 Å².